The van der Waals surface area contributed by atoms with Crippen LogP contribution >= 0.6 is 0 Å². The van der Waals surface area contributed by atoms with Crippen molar-refractivity contribution in [3.63, 3.8) is 0 Å². The van der Waals surface area contributed by atoms with Crippen LogP contribution in [0.25, 0.3) is 0 Å². The molecule has 1 N–H and O–H groups in total. The van der Waals surface area contributed by atoms with Gasteiger partial charge in [-0.1, -0.05) is 6.07 Å². The molecule has 3 nitrogen and oxygen atoms in total. The van der Waals surface area contributed by atoms with Crippen molar-refractivity contribution in [3.05, 3.63) is 35.4 Å². The van der Waals surface area contributed by atoms with Gasteiger partial charge < -0.3 is 10.1 Å². The van der Waals surface area contributed by atoms with Gasteiger partial charge in [-0.2, -0.15) is 0 Å². The molecular formula is C14H20F2N2O. The molecule has 1 aromatic carbocycles. The number of benzene rings is 1. The highest BCUT2D eigenvalue weighted by Gasteiger charge is 2.21. The summed E-state index contributed by atoms with van der Waals surface area (Å²) in [6.07, 6.45) is 1.05. The van der Waals surface area contributed by atoms with Crippen molar-refractivity contribution in [1.82, 2.24) is 10.2 Å². The predicted molar refractivity (Wildman–Crippen MR) is 69.9 cm³/mol. The molecule has 0 unspecified atom stereocenters. The fourth-order valence-electron chi connectivity index (χ4n) is 2.34. The van der Waals surface area contributed by atoms with E-state index in [4.69, 9.17) is 4.74 Å². The first-order chi connectivity index (χ1) is 9.19. The highest BCUT2D eigenvalue weighted by Crippen LogP contribution is 2.12. The summed E-state index contributed by atoms with van der Waals surface area (Å²) in [5.74, 6) is -1.02. The van der Waals surface area contributed by atoms with Gasteiger partial charge in [-0.25, -0.2) is 8.78 Å². The summed E-state index contributed by atoms with van der Waals surface area (Å²) in [5.41, 5.74) is 0.511. The number of likely N-dealkylation sites (tertiary alicyclic amines) is 1. The van der Waals surface area contributed by atoms with Crippen LogP contribution in [-0.4, -0.2) is 44.3 Å². The van der Waals surface area contributed by atoms with E-state index in [1.165, 1.54) is 12.1 Å². The van der Waals surface area contributed by atoms with Gasteiger partial charge in [0, 0.05) is 44.4 Å². The van der Waals surface area contributed by atoms with E-state index in [1.54, 1.807) is 7.11 Å². The lowest BCUT2D eigenvalue weighted by Gasteiger charge is -2.16. The first kappa shape index (κ1) is 14.4. The lowest BCUT2D eigenvalue weighted by Crippen LogP contribution is -2.33. The second-order valence-electron chi connectivity index (χ2n) is 4.90. The van der Waals surface area contributed by atoms with Crippen molar-refractivity contribution in [3.8, 4) is 0 Å². The van der Waals surface area contributed by atoms with Gasteiger partial charge in [0.15, 0.2) is 0 Å². The van der Waals surface area contributed by atoms with Crippen molar-refractivity contribution in [2.45, 2.75) is 19.0 Å². The topological polar surface area (TPSA) is 24.5 Å². The normalized spacial score (nSPS) is 20.1. The minimum absolute atomic E-state index is 0.362. The highest BCUT2D eigenvalue weighted by atomic mass is 19.1. The molecule has 0 bridgehead atoms. The summed E-state index contributed by atoms with van der Waals surface area (Å²) in [4.78, 5) is 2.32. The monoisotopic (exact) mass is 270 g/mol. The number of methoxy groups -OCH3 is 1. The minimum atomic E-state index is -0.534. The van der Waals surface area contributed by atoms with E-state index in [0.717, 1.165) is 38.7 Å². The van der Waals surface area contributed by atoms with Gasteiger partial charge in [0.25, 0.3) is 0 Å². The van der Waals surface area contributed by atoms with Crippen molar-refractivity contribution in [2.75, 3.05) is 33.4 Å². The smallest absolute Gasteiger partial charge is 0.130 e. The molecule has 1 saturated heterocycles. The maximum absolute atomic E-state index is 13.5. The zero-order valence-electron chi connectivity index (χ0n) is 11.2. The third-order valence-electron chi connectivity index (χ3n) is 3.48. The average Bonchev–Trinajstić information content (AvgIpc) is 2.83. The standard InChI is InChI=1S/C14H20F2N2O/c1-19-7-6-18-5-4-13(10-18)17-9-11-2-3-12(15)8-14(11)16/h2-3,8,13,17H,4-7,9-10H2,1H3/t13-/m1/s1. The van der Waals surface area contributed by atoms with Crippen molar-refractivity contribution < 1.29 is 13.5 Å². The van der Waals surface area contributed by atoms with Crippen molar-refractivity contribution >= 4 is 0 Å². The van der Waals surface area contributed by atoms with E-state index in [2.05, 4.69) is 10.2 Å². The van der Waals surface area contributed by atoms with E-state index in [-0.39, 0.29) is 0 Å². The molecule has 1 atom stereocenters. The van der Waals surface area contributed by atoms with Crippen LogP contribution in [0.2, 0.25) is 0 Å². The van der Waals surface area contributed by atoms with Crippen molar-refractivity contribution in [2.24, 2.45) is 0 Å². The number of nitrogens with zero attached hydrogens (tertiary/aromatic N) is 1. The Morgan fingerprint density at radius 2 is 2.26 bits per heavy atom. The molecule has 0 saturated carbocycles. The molecule has 0 radical (unpaired) electrons. The van der Waals surface area contributed by atoms with Crippen LogP contribution in [0.4, 0.5) is 8.78 Å². The molecule has 0 amide bonds. The Kier molecular flexibility index (Phi) is 5.24. The van der Waals surface area contributed by atoms with Crippen molar-refractivity contribution in [1.29, 1.82) is 0 Å². The summed E-state index contributed by atoms with van der Waals surface area (Å²) in [5, 5.41) is 3.32. The van der Waals surface area contributed by atoms with E-state index < -0.39 is 11.6 Å². The van der Waals surface area contributed by atoms with Crippen LogP contribution in [0.3, 0.4) is 0 Å². The van der Waals surface area contributed by atoms with Crippen LogP contribution in [0.5, 0.6) is 0 Å². The molecule has 1 aliphatic heterocycles. The molecule has 0 aromatic heterocycles. The Morgan fingerprint density at radius 3 is 3.00 bits per heavy atom. The number of rotatable bonds is 6. The Labute approximate surface area is 112 Å². The summed E-state index contributed by atoms with van der Waals surface area (Å²) in [7, 11) is 1.70. The number of nitrogens with one attached hydrogen (secondary N) is 1. The van der Waals surface area contributed by atoms with Gasteiger partial charge in [-0.3, -0.25) is 4.90 Å². The third-order valence-corrected chi connectivity index (χ3v) is 3.48. The van der Waals surface area contributed by atoms with Crippen LogP contribution in [0.15, 0.2) is 18.2 Å². The second kappa shape index (κ2) is 6.93. The molecule has 5 heteroatoms. The highest BCUT2D eigenvalue weighted by molar-refractivity contribution is 5.18. The molecule has 19 heavy (non-hydrogen) atoms. The third kappa shape index (κ3) is 4.23. The van der Waals surface area contributed by atoms with Gasteiger partial charge in [0.1, 0.15) is 11.6 Å². The van der Waals surface area contributed by atoms with E-state index in [9.17, 15) is 8.78 Å². The molecule has 1 aromatic rings. The summed E-state index contributed by atoms with van der Waals surface area (Å²) < 4.78 is 31.3. The Morgan fingerprint density at radius 1 is 1.42 bits per heavy atom. The van der Waals surface area contributed by atoms with E-state index >= 15 is 0 Å². The predicted octanol–water partition coefficient (Wildman–Crippen LogP) is 1.78. The molecule has 106 valence electrons. The largest absolute Gasteiger partial charge is 0.383 e. The molecule has 1 aliphatic rings. The van der Waals surface area contributed by atoms with Gasteiger partial charge in [-0.15, -0.1) is 0 Å². The maximum Gasteiger partial charge on any atom is 0.130 e. The van der Waals surface area contributed by atoms with Gasteiger partial charge in [0.05, 0.1) is 6.61 Å². The first-order valence-corrected chi connectivity index (χ1v) is 6.57. The second-order valence-corrected chi connectivity index (χ2v) is 4.90. The first-order valence-electron chi connectivity index (χ1n) is 6.57. The van der Waals surface area contributed by atoms with Gasteiger partial charge in [0.2, 0.25) is 0 Å². The van der Waals surface area contributed by atoms with Gasteiger partial charge in [-0.05, 0) is 19.0 Å². The summed E-state index contributed by atoms with van der Waals surface area (Å²) in [6.45, 7) is 4.09. The van der Waals surface area contributed by atoms with E-state index in [0.29, 0.717) is 18.2 Å². The SMILES string of the molecule is COCCN1CC[C@@H](NCc2ccc(F)cc2F)C1. The van der Waals surface area contributed by atoms with Crippen LogP contribution in [-0.2, 0) is 11.3 Å². The fourth-order valence-corrected chi connectivity index (χ4v) is 2.34. The minimum Gasteiger partial charge on any atom is -0.383 e. The Balaban J connectivity index is 1.77. The molecule has 2 rings (SSSR count). The average molecular weight is 270 g/mol. The molecule has 1 fully saturated rings. The summed E-state index contributed by atoms with van der Waals surface area (Å²) >= 11 is 0. The van der Waals surface area contributed by atoms with Crippen LogP contribution in [0, 0.1) is 11.6 Å². The zero-order chi connectivity index (χ0) is 13.7. The number of hydrogen-bond donors (Lipinski definition) is 1. The summed E-state index contributed by atoms with van der Waals surface area (Å²) in [6, 6.07) is 4.08. The molecule has 0 spiro atoms. The van der Waals surface area contributed by atoms with Crippen LogP contribution in [0.1, 0.15) is 12.0 Å². The molecular weight excluding hydrogens is 250 g/mol. The number of halogens is 2. The lowest BCUT2D eigenvalue weighted by molar-refractivity contribution is 0.159. The van der Waals surface area contributed by atoms with Crippen LogP contribution < -0.4 is 5.32 Å². The Bertz CT molecular complexity index is 414. The van der Waals surface area contributed by atoms with E-state index in [1.807, 2.05) is 0 Å². The number of hydrogen-bond acceptors (Lipinski definition) is 3. The van der Waals surface area contributed by atoms with Gasteiger partial charge >= 0.3 is 0 Å². The zero-order valence-corrected chi connectivity index (χ0v) is 11.2. The maximum atomic E-state index is 13.5. The molecule has 0 aliphatic carbocycles. The fraction of sp³-hybridized carbons (Fsp3) is 0.571. The Hall–Kier alpha value is -1.04. The lowest BCUT2D eigenvalue weighted by atomic mass is 10.2. The quantitative estimate of drug-likeness (QED) is 0.852. The number of ether oxygens (including phenoxy) is 1. The molecule has 1 heterocycles.